The average molecular weight is 639 g/mol. The molecule has 2 saturated heterocycles. The maximum absolute atomic E-state index is 10.6. The molecule has 256 valence electrons. The molecule has 4 heterocycles. The van der Waals surface area contributed by atoms with Gasteiger partial charge in [-0.05, 0) is 109 Å². The molecule has 0 radical (unpaired) electrons. The number of benzene rings is 2. The van der Waals surface area contributed by atoms with Gasteiger partial charge in [0.15, 0.2) is 23.0 Å². The van der Waals surface area contributed by atoms with Crippen molar-refractivity contribution in [1.29, 1.82) is 0 Å². The lowest BCUT2D eigenvalue weighted by Gasteiger charge is -2.46. The predicted molar refractivity (Wildman–Crippen MR) is 182 cm³/mol. The molecule has 2 aromatic carbocycles. The first-order chi connectivity index (χ1) is 22.1. The van der Waals surface area contributed by atoms with E-state index in [1.807, 2.05) is 0 Å². The Labute approximate surface area is 277 Å². The number of piperidine rings is 2. The number of hydrogen-bond acceptors (Lipinski definition) is 8. The normalized spacial score (nSPS) is 27.5. The van der Waals surface area contributed by atoms with Crippen molar-refractivity contribution in [1.82, 2.24) is 9.80 Å². The Hall–Kier alpha value is -2.52. The first-order valence-corrected chi connectivity index (χ1v) is 17.4. The van der Waals surface area contributed by atoms with Gasteiger partial charge in [-0.1, -0.05) is 27.7 Å². The number of hydrogen-bond donors (Lipinski definition) is 2. The second kappa shape index (κ2) is 15.1. The molecule has 6 rings (SSSR count). The van der Waals surface area contributed by atoms with Crippen molar-refractivity contribution >= 4 is 0 Å². The summed E-state index contributed by atoms with van der Waals surface area (Å²) >= 11 is 0. The van der Waals surface area contributed by atoms with E-state index in [0.29, 0.717) is 35.8 Å². The summed E-state index contributed by atoms with van der Waals surface area (Å²) in [6.45, 7) is 13.1. The minimum atomic E-state index is -0.210. The molecule has 0 amide bonds. The molecule has 2 N–H and O–H groups in total. The fourth-order valence-corrected chi connectivity index (χ4v) is 8.51. The standard InChI is InChI=1S/2C19H29NO3/c2*1-12(2)7-14-11-20-6-5-13-8-18(22-3)19(23-4)9-15(13)16(20)10-17(14)21/h2*8-9,12,14,16-17,21H,5-7,10-11H2,1-4H3/t2*14-,16+,17-/m10/s1. The molecular formula is C38H58N2O6. The Morgan fingerprint density at radius 1 is 0.609 bits per heavy atom. The van der Waals surface area contributed by atoms with Gasteiger partial charge in [0.05, 0.1) is 40.6 Å². The molecule has 6 atom stereocenters. The minimum Gasteiger partial charge on any atom is -0.493 e. The van der Waals surface area contributed by atoms with Gasteiger partial charge in [0, 0.05) is 38.3 Å². The van der Waals surface area contributed by atoms with Gasteiger partial charge in [0.25, 0.3) is 0 Å². The first kappa shape index (κ1) is 34.8. The van der Waals surface area contributed by atoms with E-state index >= 15 is 0 Å². The van der Waals surface area contributed by atoms with Gasteiger partial charge in [-0.25, -0.2) is 0 Å². The van der Waals surface area contributed by atoms with E-state index in [0.717, 1.165) is 87.7 Å². The van der Waals surface area contributed by atoms with Crippen molar-refractivity contribution in [3.8, 4) is 23.0 Å². The van der Waals surface area contributed by atoms with Crippen LogP contribution in [-0.2, 0) is 12.8 Å². The van der Waals surface area contributed by atoms with E-state index in [-0.39, 0.29) is 12.2 Å². The van der Waals surface area contributed by atoms with Gasteiger partial charge < -0.3 is 29.2 Å². The largest absolute Gasteiger partial charge is 0.493 e. The zero-order valence-electron chi connectivity index (χ0n) is 29.4. The third kappa shape index (κ3) is 7.46. The lowest BCUT2D eigenvalue weighted by atomic mass is 9.79. The van der Waals surface area contributed by atoms with Gasteiger partial charge >= 0.3 is 0 Å². The molecule has 2 aromatic rings. The zero-order valence-corrected chi connectivity index (χ0v) is 29.4. The van der Waals surface area contributed by atoms with Crippen LogP contribution < -0.4 is 18.9 Å². The van der Waals surface area contributed by atoms with Gasteiger partial charge in [0.2, 0.25) is 0 Å². The van der Waals surface area contributed by atoms with Crippen LogP contribution in [0, 0.1) is 23.7 Å². The van der Waals surface area contributed by atoms with Crippen LogP contribution in [0.3, 0.4) is 0 Å². The maximum Gasteiger partial charge on any atom is 0.161 e. The van der Waals surface area contributed by atoms with E-state index < -0.39 is 0 Å². The van der Waals surface area contributed by atoms with Crippen LogP contribution in [0.4, 0.5) is 0 Å². The molecule has 0 saturated carbocycles. The van der Waals surface area contributed by atoms with Crippen molar-refractivity contribution < 1.29 is 29.2 Å². The van der Waals surface area contributed by atoms with E-state index in [9.17, 15) is 10.2 Å². The zero-order chi connectivity index (χ0) is 33.1. The second-order valence-electron chi connectivity index (χ2n) is 14.7. The number of methoxy groups -OCH3 is 4. The van der Waals surface area contributed by atoms with Crippen LogP contribution in [0.2, 0.25) is 0 Å². The quantitative estimate of drug-likeness (QED) is 0.361. The molecule has 2 fully saturated rings. The number of fused-ring (bicyclic) bond motifs is 6. The smallest absolute Gasteiger partial charge is 0.161 e. The van der Waals surface area contributed by atoms with Gasteiger partial charge in [-0.2, -0.15) is 0 Å². The molecule has 0 aliphatic carbocycles. The molecule has 8 heteroatoms. The van der Waals surface area contributed by atoms with Crippen molar-refractivity contribution in [2.45, 2.75) is 90.5 Å². The van der Waals surface area contributed by atoms with Crippen molar-refractivity contribution in [2.75, 3.05) is 54.6 Å². The Morgan fingerprint density at radius 2 is 0.957 bits per heavy atom. The number of ether oxygens (including phenoxy) is 4. The number of aliphatic hydroxyl groups is 2. The first-order valence-electron chi connectivity index (χ1n) is 17.4. The van der Waals surface area contributed by atoms with Crippen molar-refractivity contribution in [3.05, 3.63) is 46.5 Å². The average Bonchev–Trinajstić information content (AvgIpc) is 3.04. The van der Waals surface area contributed by atoms with E-state index in [1.165, 1.54) is 22.3 Å². The molecule has 4 aliphatic heterocycles. The summed E-state index contributed by atoms with van der Waals surface area (Å²) in [6, 6.07) is 9.05. The Kier molecular flexibility index (Phi) is 11.5. The molecular weight excluding hydrogens is 580 g/mol. The molecule has 4 aliphatic rings. The highest BCUT2D eigenvalue weighted by Crippen LogP contribution is 2.45. The summed E-state index contributed by atoms with van der Waals surface area (Å²) in [5.41, 5.74) is 5.27. The topological polar surface area (TPSA) is 83.9 Å². The monoisotopic (exact) mass is 638 g/mol. The number of rotatable bonds is 8. The summed E-state index contributed by atoms with van der Waals surface area (Å²) < 4.78 is 21.8. The SMILES string of the molecule is COc1cc2c(cc1OC)[C@@H]1C[C@@H](O)[C@H](CC(C)C)CN1CC2.COc1cc2c(cc1OC)[C@H]1C[C@H](O)[C@@H](CC(C)C)CN1CC2. The summed E-state index contributed by atoms with van der Waals surface area (Å²) in [7, 11) is 6.72. The van der Waals surface area contributed by atoms with Gasteiger partial charge in [-0.3, -0.25) is 9.80 Å². The highest BCUT2D eigenvalue weighted by molar-refractivity contribution is 5.50. The summed E-state index contributed by atoms with van der Waals surface area (Å²) in [5.74, 6) is 5.22. The highest BCUT2D eigenvalue weighted by atomic mass is 16.5. The van der Waals surface area contributed by atoms with E-state index in [2.05, 4.69) is 61.8 Å². The third-order valence-electron chi connectivity index (χ3n) is 10.7. The molecule has 0 aromatic heterocycles. The van der Waals surface area contributed by atoms with Gasteiger partial charge in [0.1, 0.15) is 0 Å². The fraction of sp³-hybridized carbons (Fsp3) is 0.684. The summed E-state index contributed by atoms with van der Waals surface area (Å²) in [5, 5.41) is 21.3. The lowest BCUT2D eigenvalue weighted by Crippen LogP contribution is -2.48. The summed E-state index contributed by atoms with van der Waals surface area (Å²) in [4.78, 5) is 5.10. The molecule has 0 unspecified atom stereocenters. The van der Waals surface area contributed by atoms with Crippen LogP contribution in [-0.4, -0.2) is 86.8 Å². The van der Waals surface area contributed by atoms with Crippen molar-refractivity contribution in [3.63, 3.8) is 0 Å². The molecule has 8 nitrogen and oxygen atoms in total. The second-order valence-corrected chi connectivity index (χ2v) is 14.7. The van der Waals surface area contributed by atoms with Crippen LogP contribution in [0.5, 0.6) is 23.0 Å². The maximum atomic E-state index is 10.6. The Bertz CT molecular complexity index is 1220. The van der Waals surface area contributed by atoms with Crippen LogP contribution >= 0.6 is 0 Å². The predicted octanol–water partition coefficient (Wildman–Crippen LogP) is 6.06. The molecule has 0 spiro atoms. The fourth-order valence-electron chi connectivity index (χ4n) is 8.51. The molecule has 46 heavy (non-hydrogen) atoms. The third-order valence-corrected chi connectivity index (χ3v) is 10.7. The highest BCUT2D eigenvalue weighted by Gasteiger charge is 2.40. The summed E-state index contributed by atoms with van der Waals surface area (Å²) in [6.07, 6.45) is 5.50. The lowest BCUT2D eigenvalue weighted by molar-refractivity contribution is -0.0192. The van der Waals surface area contributed by atoms with Gasteiger partial charge in [-0.15, -0.1) is 0 Å². The number of nitrogens with zero attached hydrogens (tertiary/aromatic N) is 2. The minimum absolute atomic E-state index is 0.210. The van der Waals surface area contributed by atoms with E-state index in [4.69, 9.17) is 18.9 Å². The van der Waals surface area contributed by atoms with Crippen LogP contribution in [0.25, 0.3) is 0 Å². The van der Waals surface area contributed by atoms with Crippen LogP contribution in [0.1, 0.15) is 87.7 Å². The molecule has 0 bridgehead atoms. The van der Waals surface area contributed by atoms with E-state index in [1.54, 1.807) is 28.4 Å². The number of aliphatic hydroxyl groups excluding tert-OH is 2. The van der Waals surface area contributed by atoms with Crippen LogP contribution in [0.15, 0.2) is 24.3 Å². The Balaban J connectivity index is 0.000000181. The Morgan fingerprint density at radius 3 is 1.28 bits per heavy atom. The van der Waals surface area contributed by atoms with Crippen molar-refractivity contribution in [2.24, 2.45) is 23.7 Å².